The number of rotatable bonds is 6. The minimum Gasteiger partial charge on any atom is -0.295 e. The van der Waals surface area contributed by atoms with Gasteiger partial charge in [-0.3, -0.25) is 15.6 Å². The van der Waals surface area contributed by atoms with Crippen LogP contribution in [0.3, 0.4) is 0 Å². The summed E-state index contributed by atoms with van der Waals surface area (Å²) in [5.41, 5.74) is 5.07. The highest BCUT2D eigenvalue weighted by Gasteiger charge is 2.22. The van der Waals surface area contributed by atoms with E-state index in [1.54, 1.807) is 12.1 Å². The van der Waals surface area contributed by atoms with Gasteiger partial charge in [0.1, 0.15) is 5.25 Å². The number of anilines is 1. The van der Waals surface area contributed by atoms with Gasteiger partial charge in [0.25, 0.3) is 5.91 Å². The molecular weight excluding hydrogens is 373 g/mol. The van der Waals surface area contributed by atoms with Gasteiger partial charge in [-0.25, -0.2) is 13.2 Å². The second kappa shape index (κ2) is 8.64. The number of carbonyl (C=O) groups excluding carboxylic acids is 1. The van der Waals surface area contributed by atoms with Crippen molar-refractivity contribution in [1.82, 2.24) is 5.43 Å². The van der Waals surface area contributed by atoms with Crippen molar-refractivity contribution >= 4 is 23.4 Å². The zero-order valence-corrected chi connectivity index (χ0v) is 14.8. The highest BCUT2D eigenvalue weighted by Crippen LogP contribution is 2.35. The van der Waals surface area contributed by atoms with E-state index in [0.717, 1.165) is 22.6 Å². The zero-order valence-electron chi connectivity index (χ0n) is 14.0. The molecule has 0 radical (unpaired) electrons. The van der Waals surface area contributed by atoms with E-state index in [9.17, 15) is 18.0 Å². The summed E-state index contributed by atoms with van der Waals surface area (Å²) in [5, 5.41) is -0.630. The second-order valence-corrected chi connectivity index (χ2v) is 6.74. The number of amides is 1. The summed E-state index contributed by atoms with van der Waals surface area (Å²) >= 11 is 1.31. The van der Waals surface area contributed by atoms with Crippen molar-refractivity contribution in [1.29, 1.82) is 0 Å². The molecule has 0 aliphatic carbocycles. The number of halogens is 3. The Kier molecular flexibility index (Phi) is 6.03. The highest BCUT2D eigenvalue weighted by molar-refractivity contribution is 8.00. The Balaban J connectivity index is 1.78. The molecule has 0 spiro atoms. The van der Waals surface area contributed by atoms with E-state index in [1.165, 1.54) is 11.8 Å². The van der Waals surface area contributed by atoms with E-state index in [-0.39, 0.29) is 5.69 Å². The molecule has 138 valence electrons. The Labute approximate surface area is 158 Å². The van der Waals surface area contributed by atoms with Crippen LogP contribution < -0.4 is 10.9 Å². The van der Waals surface area contributed by atoms with E-state index in [1.807, 2.05) is 48.5 Å². The normalized spacial score (nSPS) is 11.7. The summed E-state index contributed by atoms with van der Waals surface area (Å²) in [6.45, 7) is 0. The van der Waals surface area contributed by atoms with Crippen LogP contribution in [0.25, 0.3) is 0 Å². The minimum absolute atomic E-state index is 0.362. The molecule has 2 N–H and O–H groups in total. The summed E-state index contributed by atoms with van der Waals surface area (Å²) in [4.78, 5) is 13.6. The summed E-state index contributed by atoms with van der Waals surface area (Å²) in [7, 11) is 0. The number of carbonyl (C=O) groups is 1. The molecule has 0 aliphatic heterocycles. The molecule has 1 atom stereocenters. The standard InChI is InChI=1S/C20H15F3N2OS/c21-15-11-12-16(18(23)17(15)22)24-25-20(26)19(13-7-3-1-4-8-13)27-14-9-5-2-6-10-14/h1-12,19,24H,(H,25,26). The summed E-state index contributed by atoms with van der Waals surface area (Å²) in [6.07, 6.45) is 0. The van der Waals surface area contributed by atoms with Crippen molar-refractivity contribution in [3.8, 4) is 0 Å². The fraction of sp³-hybridized carbons (Fsp3) is 0.0500. The molecule has 3 nitrogen and oxygen atoms in total. The molecular formula is C20H15F3N2OS. The zero-order chi connectivity index (χ0) is 19.2. The van der Waals surface area contributed by atoms with Gasteiger partial charge in [0.2, 0.25) is 0 Å². The molecule has 0 bridgehead atoms. The summed E-state index contributed by atoms with van der Waals surface area (Å²) in [5.74, 6) is -4.76. The lowest BCUT2D eigenvalue weighted by molar-refractivity contribution is -0.120. The predicted octanol–water partition coefficient (Wildman–Crippen LogP) is 5.08. The Morgan fingerprint density at radius 2 is 1.44 bits per heavy atom. The molecule has 0 aromatic heterocycles. The maximum absolute atomic E-state index is 13.7. The average Bonchev–Trinajstić information content (AvgIpc) is 2.71. The molecule has 0 aliphatic rings. The molecule has 0 saturated heterocycles. The van der Waals surface area contributed by atoms with E-state index >= 15 is 0 Å². The van der Waals surface area contributed by atoms with Crippen molar-refractivity contribution in [2.75, 3.05) is 5.43 Å². The topological polar surface area (TPSA) is 41.1 Å². The van der Waals surface area contributed by atoms with Gasteiger partial charge in [-0.05, 0) is 29.8 Å². The molecule has 27 heavy (non-hydrogen) atoms. The number of hydrogen-bond donors (Lipinski definition) is 2. The van der Waals surface area contributed by atoms with Crippen LogP contribution in [0.15, 0.2) is 77.7 Å². The average molecular weight is 388 g/mol. The quantitative estimate of drug-likeness (QED) is 0.351. The summed E-state index contributed by atoms with van der Waals surface area (Å²) in [6, 6.07) is 20.2. The van der Waals surface area contributed by atoms with E-state index < -0.39 is 28.6 Å². The smallest absolute Gasteiger partial charge is 0.256 e. The van der Waals surface area contributed by atoms with Crippen LogP contribution in [0.4, 0.5) is 18.9 Å². The van der Waals surface area contributed by atoms with Crippen LogP contribution in [-0.4, -0.2) is 5.91 Å². The van der Waals surface area contributed by atoms with Crippen LogP contribution in [0, 0.1) is 17.5 Å². The van der Waals surface area contributed by atoms with Crippen LogP contribution >= 0.6 is 11.8 Å². The molecule has 1 unspecified atom stereocenters. The minimum atomic E-state index is -1.60. The van der Waals surface area contributed by atoms with Gasteiger partial charge < -0.3 is 0 Å². The van der Waals surface area contributed by atoms with Gasteiger partial charge in [0.05, 0.1) is 5.69 Å². The molecule has 3 aromatic rings. The monoisotopic (exact) mass is 388 g/mol. The lowest BCUT2D eigenvalue weighted by Crippen LogP contribution is -2.33. The summed E-state index contributed by atoms with van der Waals surface area (Å²) < 4.78 is 40.1. The molecule has 0 heterocycles. The number of hydrazine groups is 1. The SMILES string of the molecule is O=C(NNc1ccc(F)c(F)c1F)C(Sc1ccccc1)c1ccccc1. The lowest BCUT2D eigenvalue weighted by Gasteiger charge is -2.18. The van der Waals surface area contributed by atoms with Crippen LogP contribution in [-0.2, 0) is 4.79 Å². The van der Waals surface area contributed by atoms with E-state index in [2.05, 4.69) is 10.9 Å². The molecule has 0 fully saturated rings. The fourth-order valence-corrected chi connectivity index (χ4v) is 3.40. The van der Waals surface area contributed by atoms with E-state index in [0.29, 0.717) is 0 Å². The van der Waals surface area contributed by atoms with Crippen molar-refractivity contribution < 1.29 is 18.0 Å². The van der Waals surface area contributed by atoms with Crippen molar-refractivity contribution in [2.45, 2.75) is 10.1 Å². The van der Waals surface area contributed by atoms with Crippen molar-refractivity contribution in [3.05, 3.63) is 95.8 Å². The molecule has 0 saturated carbocycles. The fourth-order valence-electron chi connectivity index (χ4n) is 2.35. The van der Waals surface area contributed by atoms with Gasteiger partial charge in [-0.15, -0.1) is 11.8 Å². The molecule has 3 rings (SSSR count). The van der Waals surface area contributed by atoms with Crippen LogP contribution in [0.5, 0.6) is 0 Å². The molecule has 7 heteroatoms. The predicted molar refractivity (Wildman–Crippen MR) is 99.6 cm³/mol. The second-order valence-electron chi connectivity index (χ2n) is 5.56. The number of nitrogens with one attached hydrogen (secondary N) is 2. The Bertz CT molecular complexity index is 923. The van der Waals surface area contributed by atoms with Crippen LogP contribution in [0.1, 0.15) is 10.8 Å². The van der Waals surface area contributed by atoms with Gasteiger partial charge in [0, 0.05) is 4.90 Å². The first-order valence-electron chi connectivity index (χ1n) is 8.02. The third-order valence-corrected chi connectivity index (χ3v) is 4.96. The number of hydrogen-bond acceptors (Lipinski definition) is 3. The van der Waals surface area contributed by atoms with Gasteiger partial charge in [-0.1, -0.05) is 48.5 Å². The number of thioether (sulfide) groups is 1. The van der Waals surface area contributed by atoms with Crippen molar-refractivity contribution in [2.24, 2.45) is 0 Å². The van der Waals surface area contributed by atoms with E-state index in [4.69, 9.17) is 0 Å². The molecule has 1 amide bonds. The Morgan fingerprint density at radius 1 is 0.815 bits per heavy atom. The first-order chi connectivity index (χ1) is 13.1. The Hall–Kier alpha value is -2.93. The molecule has 3 aromatic carbocycles. The first-order valence-corrected chi connectivity index (χ1v) is 8.90. The van der Waals surface area contributed by atoms with Crippen molar-refractivity contribution in [3.63, 3.8) is 0 Å². The van der Waals surface area contributed by atoms with Gasteiger partial charge in [0.15, 0.2) is 17.5 Å². The van der Waals surface area contributed by atoms with Gasteiger partial charge >= 0.3 is 0 Å². The highest BCUT2D eigenvalue weighted by atomic mass is 32.2. The third-order valence-electron chi connectivity index (χ3n) is 3.69. The van der Waals surface area contributed by atoms with Crippen LogP contribution in [0.2, 0.25) is 0 Å². The largest absolute Gasteiger partial charge is 0.295 e. The first kappa shape index (κ1) is 18.8. The maximum atomic E-state index is 13.7. The third kappa shape index (κ3) is 4.62. The maximum Gasteiger partial charge on any atom is 0.256 e. The lowest BCUT2D eigenvalue weighted by atomic mass is 10.1. The number of benzene rings is 3. The Morgan fingerprint density at radius 3 is 2.11 bits per heavy atom. The van der Waals surface area contributed by atoms with Gasteiger partial charge in [-0.2, -0.15) is 0 Å².